The second-order valence-corrected chi connectivity index (χ2v) is 2.45. The predicted octanol–water partition coefficient (Wildman–Crippen LogP) is 0.608. The van der Waals surface area contributed by atoms with Gasteiger partial charge in [0.15, 0.2) is 0 Å². The Balaban J connectivity index is 0. The molecule has 0 saturated heterocycles. The molecule has 82 valence electrons. The Labute approximate surface area is 94.6 Å². The number of carbonyl (C=O) groups is 2. The van der Waals surface area contributed by atoms with Crippen LogP contribution in [0.4, 0.5) is 0 Å². The van der Waals surface area contributed by atoms with Crippen LogP contribution in [0.25, 0.3) is 0 Å². The van der Waals surface area contributed by atoms with E-state index in [-0.39, 0.29) is 5.75 Å². The van der Waals surface area contributed by atoms with Gasteiger partial charge in [0.25, 0.3) is 0 Å². The summed E-state index contributed by atoms with van der Waals surface area (Å²) in [5.74, 6) is -1.42. The van der Waals surface area contributed by atoms with Crippen LogP contribution in [0.15, 0.2) is 12.2 Å². The fourth-order valence-electron chi connectivity index (χ4n) is 0.557. The van der Waals surface area contributed by atoms with Crippen molar-refractivity contribution in [1.29, 1.82) is 0 Å². The summed E-state index contributed by atoms with van der Waals surface area (Å²) >= 11 is 7.31. The van der Waals surface area contributed by atoms with E-state index < -0.39 is 17.9 Å². The zero-order chi connectivity index (χ0) is 11.6. The van der Waals surface area contributed by atoms with Gasteiger partial charge in [-0.3, -0.25) is 4.79 Å². The van der Waals surface area contributed by atoms with Gasteiger partial charge in [0, 0.05) is 5.75 Å². The van der Waals surface area contributed by atoms with Crippen molar-refractivity contribution < 1.29 is 14.7 Å². The molecule has 0 aliphatic carbocycles. The van der Waals surface area contributed by atoms with E-state index in [9.17, 15) is 9.59 Å². The van der Waals surface area contributed by atoms with E-state index in [1.807, 2.05) is 0 Å². The molecular weight excluding hydrogens is 222 g/mol. The first kappa shape index (κ1) is 15.8. The van der Waals surface area contributed by atoms with Crippen molar-refractivity contribution in [2.24, 2.45) is 0 Å². The fraction of sp³-hybridized carbons (Fsp3) is 0.500. The van der Waals surface area contributed by atoms with Crippen molar-refractivity contribution >= 4 is 37.1 Å². The second-order valence-electron chi connectivity index (χ2n) is 2.08. The predicted molar refractivity (Wildman–Crippen MR) is 63.1 cm³/mol. The number of aliphatic carboxylic acids is 1. The Morgan fingerprint density at radius 1 is 1.50 bits per heavy atom. The molecule has 0 aromatic heterocycles. The van der Waals surface area contributed by atoms with Crippen LogP contribution in [0.1, 0.15) is 6.92 Å². The number of hydrogen-bond donors (Lipinski definition) is 4. The highest BCUT2D eigenvalue weighted by molar-refractivity contribution is 7.80. The van der Waals surface area contributed by atoms with E-state index >= 15 is 0 Å². The highest BCUT2D eigenvalue weighted by atomic mass is 32.1. The molecule has 6 heteroatoms. The highest BCUT2D eigenvalue weighted by Gasteiger charge is 2.15. The maximum Gasteiger partial charge on any atom is 0.327 e. The van der Waals surface area contributed by atoms with Crippen LogP contribution in [0.3, 0.4) is 0 Å². The monoisotopic (exact) mass is 237 g/mol. The summed E-state index contributed by atoms with van der Waals surface area (Å²) in [6.07, 6.45) is 4.49. The minimum absolute atomic E-state index is 0.0820. The SMILES string of the molecule is CC=CC(=O)N[C@@H](CS)C(=O)O.CS. The standard InChI is InChI=1S/C7H11NO3S.CH4S/c1-2-3-6(9)8-5(4-12)7(10)11;1-2/h2-3,5,12H,4H2,1H3,(H,8,9)(H,10,11);2H,1H3/t5-;/m0./s1. The van der Waals surface area contributed by atoms with Crippen LogP contribution in [0.2, 0.25) is 0 Å². The minimum atomic E-state index is -1.08. The number of hydrogen-bond acceptors (Lipinski definition) is 4. The maximum atomic E-state index is 10.8. The molecule has 0 aliphatic heterocycles. The molecular formula is C8H15NO3S2. The van der Waals surface area contributed by atoms with Crippen molar-refractivity contribution in [2.75, 3.05) is 12.0 Å². The number of carboxylic acid groups (broad SMARTS) is 1. The van der Waals surface area contributed by atoms with Crippen LogP contribution >= 0.6 is 25.3 Å². The molecule has 0 spiro atoms. The van der Waals surface area contributed by atoms with Gasteiger partial charge in [0.1, 0.15) is 6.04 Å². The first-order valence-corrected chi connectivity index (χ1v) is 5.36. The molecule has 0 saturated carbocycles. The third kappa shape index (κ3) is 8.00. The quantitative estimate of drug-likeness (QED) is 0.428. The lowest BCUT2D eigenvalue weighted by Gasteiger charge is -2.08. The molecule has 0 aromatic carbocycles. The molecule has 0 unspecified atom stereocenters. The lowest BCUT2D eigenvalue weighted by Crippen LogP contribution is -2.41. The number of nitrogens with one attached hydrogen (secondary N) is 1. The molecule has 4 nitrogen and oxygen atoms in total. The van der Waals surface area contributed by atoms with E-state index in [0.29, 0.717) is 0 Å². The van der Waals surface area contributed by atoms with E-state index in [1.54, 1.807) is 13.2 Å². The summed E-state index contributed by atoms with van der Waals surface area (Å²) in [6.45, 7) is 1.68. The number of carbonyl (C=O) groups excluding carboxylic acids is 1. The fourth-order valence-corrected chi connectivity index (χ4v) is 0.804. The van der Waals surface area contributed by atoms with Crippen molar-refractivity contribution in [1.82, 2.24) is 5.32 Å². The Hall–Kier alpha value is -0.620. The van der Waals surface area contributed by atoms with Gasteiger partial charge in [0.05, 0.1) is 0 Å². The van der Waals surface area contributed by atoms with Gasteiger partial charge in [-0.15, -0.1) is 0 Å². The van der Waals surface area contributed by atoms with Crippen LogP contribution in [0, 0.1) is 0 Å². The smallest absolute Gasteiger partial charge is 0.327 e. The van der Waals surface area contributed by atoms with Crippen molar-refractivity contribution in [3.63, 3.8) is 0 Å². The lowest BCUT2D eigenvalue weighted by molar-refractivity contribution is -0.140. The molecule has 0 bridgehead atoms. The third-order valence-electron chi connectivity index (χ3n) is 1.12. The topological polar surface area (TPSA) is 66.4 Å². The molecule has 0 radical (unpaired) electrons. The van der Waals surface area contributed by atoms with Crippen molar-refractivity contribution in [2.45, 2.75) is 13.0 Å². The van der Waals surface area contributed by atoms with Gasteiger partial charge in [0.2, 0.25) is 5.91 Å². The number of carboxylic acids is 1. The van der Waals surface area contributed by atoms with Crippen LogP contribution in [0.5, 0.6) is 0 Å². The first-order valence-electron chi connectivity index (χ1n) is 3.83. The zero-order valence-electron chi connectivity index (χ0n) is 8.10. The number of thiol groups is 2. The van der Waals surface area contributed by atoms with Crippen LogP contribution in [-0.2, 0) is 9.59 Å². The van der Waals surface area contributed by atoms with E-state index in [2.05, 4.69) is 30.6 Å². The summed E-state index contributed by atoms with van der Waals surface area (Å²) in [7, 11) is 0. The first-order chi connectivity index (χ1) is 6.61. The Morgan fingerprint density at radius 2 is 2.00 bits per heavy atom. The largest absolute Gasteiger partial charge is 0.480 e. The van der Waals surface area contributed by atoms with E-state index in [4.69, 9.17) is 5.11 Å². The second kappa shape index (κ2) is 10.5. The maximum absolute atomic E-state index is 10.8. The van der Waals surface area contributed by atoms with E-state index in [0.717, 1.165) is 0 Å². The molecule has 0 aromatic rings. The Kier molecular flexibility index (Phi) is 11.8. The minimum Gasteiger partial charge on any atom is -0.480 e. The third-order valence-corrected chi connectivity index (χ3v) is 1.48. The van der Waals surface area contributed by atoms with Crippen molar-refractivity contribution in [3.05, 3.63) is 12.2 Å². The van der Waals surface area contributed by atoms with Gasteiger partial charge in [-0.25, -0.2) is 4.79 Å². The van der Waals surface area contributed by atoms with E-state index in [1.165, 1.54) is 12.2 Å². The summed E-state index contributed by atoms with van der Waals surface area (Å²) in [6, 6.07) is -0.919. The molecule has 0 fully saturated rings. The van der Waals surface area contributed by atoms with Crippen LogP contribution < -0.4 is 5.32 Å². The zero-order valence-corrected chi connectivity index (χ0v) is 9.89. The molecule has 1 atom stereocenters. The number of rotatable bonds is 4. The van der Waals surface area contributed by atoms with Gasteiger partial charge in [-0.1, -0.05) is 6.08 Å². The molecule has 0 aliphatic rings. The van der Waals surface area contributed by atoms with Crippen molar-refractivity contribution in [3.8, 4) is 0 Å². The Bertz CT molecular complexity index is 207. The lowest BCUT2D eigenvalue weighted by atomic mass is 10.3. The highest BCUT2D eigenvalue weighted by Crippen LogP contribution is 1.88. The van der Waals surface area contributed by atoms with Crippen LogP contribution in [-0.4, -0.2) is 35.0 Å². The van der Waals surface area contributed by atoms with Gasteiger partial charge in [-0.2, -0.15) is 25.3 Å². The molecule has 2 N–H and O–H groups in total. The summed E-state index contributed by atoms with van der Waals surface area (Å²) in [5.41, 5.74) is 0. The number of allylic oxidation sites excluding steroid dienone is 1. The average molecular weight is 237 g/mol. The number of amides is 1. The summed E-state index contributed by atoms with van der Waals surface area (Å²) in [5, 5.41) is 10.8. The normalized spacial score (nSPS) is 11.4. The van der Waals surface area contributed by atoms with Gasteiger partial charge >= 0.3 is 5.97 Å². The molecule has 14 heavy (non-hydrogen) atoms. The molecule has 0 heterocycles. The van der Waals surface area contributed by atoms with Gasteiger partial charge in [-0.05, 0) is 19.3 Å². The molecule has 0 rings (SSSR count). The average Bonchev–Trinajstić information content (AvgIpc) is 2.17. The summed E-state index contributed by atoms with van der Waals surface area (Å²) < 4.78 is 0. The Morgan fingerprint density at radius 3 is 2.29 bits per heavy atom. The summed E-state index contributed by atoms with van der Waals surface area (Å²) in [4.78, 5) is 21.2. The molecule has 1 amide bonds. The van der Waals surface area contributed by atoms with Gasteiger partial charge < -0.3 is 10.4 Å².